The van der Waals surface area contributed by atoms with Crippen molar-refractivity contribution in [1.82, 2.24) is 9.21 Å². The number of nitrogens with zero attached hydrogens (tertiary/aromatic N) is 2. The summed E-state index contributed by atoms with van der Waals surface area (Å²) in [5, 5.41) is 0.199. The lowest BCUT2D eigenvalue weighted by Crippen LogP contribution is -2.50. The standard InChI is InChI=1S/C20H22Cl2N2O3S/c1-15(16-6-3-2-4-7-16)14-19(25)23-10-12-24(13-11-23)28(26,27)20-17(21)8-5-9-18(20)22/h2-9,15H,10-14H2,1H3. The smallest absolute Gasteiger partial charge is 0.246 e. The number of sulfonamides is 1. The van der Waals surface area contributed by atoms with Gasteiger partial charge in [-0.2, -0.15) is 4.31 Å². The fourth-order valence-corrected chi connectivity index (χ4v) is 5.84. The maximum absolute atomic E-state index is 12.9. The average molecular weight is 441 g/mol. The Labute approximate surface area is 175 Å². The molecular weight excluding hydrogens is 419 g/mol. The van der Waals surface area contributed by atoms with Crippen LogP contribution in [0.2, 0.25) is 10.0 Å². The molecule has 1 unspecified atom stereocenters. The average Bonchev–Trinajstić information content (AvgIpc) is 2.68. The van der Waals surface area contributed by atoms with Crippen LogP contribution in [0.4, 0.5) is 0 Å². The quantitative estimate of drug-likeness (QED) is 0.705. The van der Waals surface area contributed by atoms with E-state index in [-0.39, 0.29) is 39.9 Å². The maximum atomic E-state index is 12.9. The monoisotopic (exact) mass is 440 g/mol. The van der Waals surface area contributed by atoms with Crippen LogP contribution in [0.3, 0.4) is 0 Å². The van der Waals surface area contributed by atoms with E-state index in [1.54, 1.807) is 11.0 Å². The molecule has 0 aromatic heterocycles. The first-order valence-electron chi connectivity index (χ1n) is 9.07. The van der Waals surface area contributed by atoms with Crippen molar-refractivity contribution < 1.29 is 13.2 Å². The third-order valence-corrected chi connectivity index (χ3v) is 7.81. The van der Waals surface area contributed by atoms with Gasteiger partial charge in [0, 0.05) is 32.6 Å². The van der Waals surface area contributed by atoms with Crippen LogP contribution >= 0.6 is 23.2 Å². The van der Waals surface area contributed by atoms with Gasteiger partial charge in [0.2, 0.25) is 15.9 Å². The highest BCUT2D eigenvalue weighted by Gasteiger charge is 2.33. The predicted octanol–water partition coefficient (Wildman–Crippen LogP) is 4.02. The first-order valence-corrected chi connectivity index (χ1v) is 11.3. The number of carbonyl (C=O) groups is 1. The molecule has 0 radical (unpaired) electrons. The second kappa shape index (κ2) is 8.82. The molecule has 5 nitrogen and oxygen atoms in total. The summed E-state index contributed by atoms with van der Waals surface area (Å²) in [4.78, 5) is 14.3. The summed E-state index contributed by atoms with van der Waals surface area (Å²) in [6, 6.07) is 14.5. The summed E-state index contributed by atoms with van der Waals surface area (Å²) >= 11 is 12.1. The number of piperazine rings is 1. The summed E-state index contributed by atoms with van der Waals surface area (Å²) in [6.07, 6.45) is 0.396. The van der Waals surface area contributed by atoms with Crippen molar-refractivity contribution in [3.63, 3.8) is 0 Å². The molecule has 1 fully saturated rings. The normalized spacial score (nSPS) is 16.8. The van der Waals surface area contributed by atoms with Gasteiger partial charge in [-0.3, -0.25) is 4.79 Å². The molecule has 0 aliphatic carbocycles. The van der Waals surface area contributed by atoms with Gasteiger partial charge in [0.05, 0.1) is 10.0 Å². The van der Waals surface area contributed by atoms with Gasteiger partial charge in [-0.1, -0.05) is 66.5 Å². The highest BCUT2D eigenvalue weighted by molar-refractivity contribution is 7.89. The summed E-state index contributed by atoms with van der Waals surface area (Å²) in [7, 11) is -3.81. The minimum atomic E-state index is -3.81. The summed E-state index contributed by atoms with van der Waals surface area (Å²) < 4.78 is 27.2. The van der Waals surface area contributed by atoms with Gasteiger partial charge < -0.3 is 4.90 Å². The van der Waals surface area contributed by atoms with Crippen LogP contribution in [0.15, 0.2) is 53.4 Å². The number of rotatable bonds is 5. The van der Waals surface area contributed by atoms with Crippen LogP contribution in [0.5, 0.6) is 0 Å². The van der Waals surface area contributed by atoms with Crippen molar-refractivity contribution in [3.8, 4) is 0 Å². The molecule has 1 saturated heterocycles. The van der Waals surface area contributed by atoms with Gasteiger partial charge in [0.1, 0.15) is 4.90 Å². The first-order chi connectivity index (χ1) is 13.3. The van der Waals surface area contributed by atoms with Crippen molar-refractivity contribution >= 4 is 39.1 Å². The summed E-state index contributed by atoms with van der Waals surface area (Å²) in [6.45, 7) is 3.15. The Hall–Kier alpha value is -1.60. The molecule has 8 heteroatoms. The van der Waals surface area contributed by atoms with Gasteiger partial charge in [0.25, 0.3) is 0 Å². The molecule has 150 valence electrons. The molecular formula is C20H22Cl2N2O3S. The van der Waals surface area contributed by atoms with Gasteiger partial charge in [-0.05, 0) is 23.6 Å². The van der Waals surface area contributed by atoms with E-state index in [1.165, 1.54) is 16.4 Å². The Kier molecular flexibility index (Phi) is 6.65. The minimum absolute atomic E-state index is 0.0316. The fourth-order valence-electron chi connectivity index (χ4n) is 3.33. The zero-order chi connectivity index (χ0) is 20.3. The fraction of sp³-hybridized carbons (Fsp3) is 0.350. The first kappa shape index (κ1) is 21.1. The maximum Gasteiger partial charge on any atom is 0.246 e. The predicted molar refractivity (Wildman–Crippen MR) is 111 cm³/mol. The van der Waals surface area contributed by atoms with Gasteiger partial charge in [0.15, 0.2) is 0 Å². The number of carbonyl (C=O) groups excluding carboxylic acids is 1. The molecule has 0 bridgehead atoms. The molecule has 0 spiro atoms. The van der Waals surface area contributed by atoms with Crippen LogP contribution in [0.25, 0.3) is 0 Å². The Bertz CT molecular complexity index is 923. The van der Waals surface area contributed by atoms with Crippen LogP contribution in [0.1, 0.15) is 24.8 Å². The van der Waals surface area contributed by atoms with Crippen molar-refractivity contribution in [2.75, 3.05) is 26.2 Å². The molecule has 1 atom stereocenters. The molecule has 1 aliphatic rings. The molecule has 1 amide bonds. The van der Waals surface area contributed by atoms with E-state index in [4.69, 9.17) is 23.2 Å². The number of hydrogen-bond acceptors (Lipinski definition) is 3. The number of hydrogen-bond donors (Lipinski definition) is 0. The van der Waals surface area contributed by atoms with Crippen LogP contribution < -0.4 is 0 Å². The van der Waals surface area contributed by atoms with E-state index in [9.17, 15) is 13.2 Å². The molecule has 1 heterocycles. The largest absolute Gasteiger partial charge is 0.340 e. The third-order valence-electron chi connectivity index (χ3n) is 4.96. The molecule has 28 heavy (non-hydrogen) atoms. The van der Waals surface area contributed by atoms with E-state index in [1.807, 2.05) is 37.3 Å². The highest BCUT2D eigenvalue weighted by atomic mass is 35.5. The molecule has 2 aromatic rings. The Morgan fingerprint density at radius 2 is 1.54 bits per heavy atom. The highest BCUT2D eigenvalue weighted by Crippen LogP contribution is 2.32. The molecule has 0 N–H and O–H groups in total. The lowest BCUT2D eigenvalue weighted by Gasteiger charge is -2.34. The molecule has 2 aromatic carbocycles. The number of amides is 1. The Morgan fingerprint density at radius 3 is 2.11 bits per heavy atom. The lowest BCUT2D eigenvalue weighted by molar-refractivity contribution is -0.132. The van der Waals surface area contributed by atoms with Crippen LogP contribution in [-0.2, 0) is 14.8 Å². The third kappa shape index (κ3) is 4.51. The van der Waals surface area contributed by atoms with Gasteiger partial charge in [-0.15, -0.1) is 0 Å². The summed E-state index contributed by atoms with van der Waals surface area (Å²) in [5.74, 6) is 0.140. The van der Waals surface area contributed by atoms with Crippen molar-refractivity contribution in [1.29, 1.82) is 0 Å². The number of halogens is 2. The molecule has 1 aliphatic heterocycles. The Morgan fingerprint density at radius 1 is 0.964 bits per heavy atom. The van der Waals surface area contributed by atoms with Gasteiger partial charge in [-0.25, -0.2) is 8.42 Å². The van der Waals surface area contributed by atoms with Crippen LogP contribution in [0, 0.1) is 0 Å². The van der Waals surface area contributed by atoms with Crippen molar-refractivity contribution in [2.24, 2.45) is 0 Å². The number of benzene rings is 2. The van der Waals surface area contributed by atoms with E-state index in [0.29, 0.717) is 19.5 Å². The zero-order valence-corrected chi connectivity index (χ0v) is 17.8. The van der Waals surface area contributed by atoms with Crippen molar-refractivity contribution in [2.45, 2.75) is 24.2 Å². The molecule has 3 rings (SSSR count). The summed E-state index contributed by atoms with van der Waals surface area (Å²) in [5.41, 5.74) is 1.12. The van der Waals surface area contributed by atoms with Crippen molar-refractivity contribution in [3.05, 3.63) is 64.1 Å². The Balaban J connectivity index is 1.63. The zero-order valence-electron chi connectivity index (χ0n) is 15.5. The van der Waals surface area contributed by atoms with E-state index in [0.717, 1.165) is 5.56 Å². The second-order valence-electron chi connectivity index (χ2n) is 6.85. The lowest BCUT2D eigenvalue weighted by atomic mass is 9.97. The van der Waals surface area contributed by atoms with Gasteiger partial charge >= 0.3 is 0 Å². The van der Waals surface area contributed by atoms with E-state index >= 15 is 0 Å². The van der Waals surface area contributed by atoms with E-state index < -0.39 is 10.0 Å². The van der Waals surface area contributed by atoms with Crippen LogP contribution in [-0.4, -0.2) is 49.7 Å². The second-order valence-corrected chi connectivity index (χ2v) is 9.54. The topological polar surface area (TPSA) is 57.7 Å². The minimum Gasteiger partial charge on any atom is -0.340 e. The SMILES string of the molecule is CC(CC(=O)N1CCN(S(=O)(=O)c2c(Cl)cccc2Cl)CC1)c1ccccc1. The molecule has 0 saturated carbocycles. The van der Waals surface area contributed by atoms with E-state index in [2.05, 4.69) is 0 Å².